The first kappa shape index (κ1) is 20.9. The van der Waals surface area contributed by atoms with Gasteiger partial charge >= 0.3 is 0 Å². The van der Waals surface area contributed by atoms with Crippen molar-refractivity contribution in [2.45, 2.75) is 122 Å². The van der Waals surface area contributed by atoms with Gasteiger partial charge in [0, 0.05) is 0 Å². The fraction of sp³-hybridized carbons (Fsp3) is 1.00. The maximum absolute atomic E-state index is 9.88. The Bertz CT molecular complexity index is 192. The molecule has 0 aliphatic rings. The molecule has 0 spiro atoms. The normalized spacial score (nSPS) is 14.3. The summed E-state index contributed by atoms with van der Waals surface area (Å²) in [5.74, 6) is 0. The maximum atomic E-state index is 9.88. The van der Waals surface area contributed by atoms with Gasteiger partial charge in [0.05, 0.1) is 12.2 Å². The number of rotatable bonds is 16. The van der Waals surface area contributed by atoms with Gasteiger partial charge in [-0.3, -0.25) is 0 Å². The Morgan fingerprint density at radius 1 is 0.571 bits per heavy atom. The smallest absolute Gasteiger partial charge is 0.0540 e. The van der Waals surface area contributed by atoms with Crippen molar-refractivity contribution < 1.29 is 10.2 Å². The van der Waals surface area contributed by atoms with E-state index in [9.17, 15) is 5.11 Å². The highest BCUT2D eigenvalue weighted by molar-refractivity contribution is 4.58. The van der Waals surface area contributed by atoms with Gasteiger partial charge in [0.1, 0.15) is 0 Å². The first-order valence-corrected chi connectivity index (χ1v) is 9.53. The van der Waals surface area contributed by atoms with E-state index in [2.05, 4.69) is 6.92 Å². The largest absolute Gasteiger partial charge is 0.393 e. The van der Waals surface area contributed by atoms with Gasteiger partial charge in [-0.15, -0.1) is 0 Å². The Kier molecular flexibility index (Phi) is 16.2. The fourth-order valence-corrected chi connectivity index (χ4v) is 2.83. The monoisotopic (exact) mass is 300 g/mol. The van der Waals surface area contributed by atoms with Gasteiger partial charge in [-0.1, -0.05) is 84.0 Å². The molecule has 0 saturated heterocycles. The van der Waals surface area contributed by atoms with Crippen molar-refractivity contribution in [2.75, 3.05) is 0 Å². The minimum atomic E-state index is -0.191. The van der Waals surface area contributed by atoms with E-state index in [1.165, 1.54) is 64.2 Å². The summed E-state index contributed by atoms with van der Waals surface area (Å²) < 4.78 is 0. The molecule has 0 fully saturated rings. The second kappa shape index (κ2) is 16.3. The maximum Gasteiger partial charge on any atom is 0.0540 e. The molecule has 0 rings (SSSR count). The minimum Gasteiger partial charge on any atom is -0.393 e. The van der Waals surface area contributed by atoms with Crippen molar-refractivity contribution in [1.82, 2.24) is 0 Å². The van der Waals surface area contributed by atoms with Crippen molar-refractivity contribution in [3.8, 4) is 0 Å². The summed E-state index contributed by atoms with van der Waals surface area (Å²) in [5, 5.41) is 19.0. The average molecular weight is 301 g/mol. The Morgan fingerprint density at radius 2 is 0.952 bits per heavy atom. The topological polar surface area (TPSA) is 40.5 Å². The lowest BCUT2D eigenvalue weighted by atomic mass is 10.0. The zero-order valence-corrected chi connectivity index (χ0v) is 14.7. The quantitative estimate of drug-likeness (QED) is 0.364. The van der Waals surface area contributed by atoms with E-state index in [-0.39, 0.29) is 12.2 Å². The molecule has 128 valence electrons. The second-order valence-electron chi connectivity index (χ2n) is 6.76. The average Bonchev–Trinajstić information content (AvgIpc) is 2.45. The lowest BCUT2D eigenvalue weighted by molar-refractivity contribution is 0.141. The van der Waals surface area contributed by atoms with Crippen LogP contribution in [0.3, 0.4) is 0 Å². The van der Waals surface area contributed by atoms with Crippen LogP contribution in [0.5, 0.6) is 0 Å². The van der Waals surface area contributed by atoms with Crippen LogP contribution in [0.4, 0.5) is 0 Å². The van der Waals surface area contributed by atoms with Gasteiger partial charge in [0.25, 0.3) is 0 Å². The Labute approximate surface area is 133 Å². The molecule has 2 atom stereocenters. The summed E-state index contributed by atoms with van der Waals surface area (Å²) in [6, 6.07) is 0. The number of aliphatic hydroxyl groups is 2. The van der Waals surface area contributed by atoms with E-state index in [4.69, 9.17) is 5.11 Å². The minimum absolute atomic E-state index is 0.118. The van der Waals surface area contributed by atoms with Crippen molar-refractivity contribution in [3.05, 3.63) is 0 Å². The molecule has 2 unspecified atom stereocenters. The van der Waals surface area contributed by atoms with Crippen LogP contribution in [0.2, 0.25) is 0 Å². The Morgan fingerprint density at radius 3 is 1.43 bits per heavy atom. The fourth-order valence-electron chi connectivity index (χ4n) is 2.83. The Balaban J connectivity index is 3.12. The third-order valence-electron chi connectivity index (χ3n) is 4.30. The van der Waals surface area contributed by atoms with Crippen LogP contribution in [0.1, 0.15) is 110 Å². The summed E-state index contributed by atoms with van der Waals surface area (Å²) in [7, 11) is 0. The number of hydrogen-bond donors (Lipinski definition) is 2. The van der Waals surface area contributed by atoms with Crippen molar-refractivity contribution in [1.29, 1.82) is 0 Å². The third-order valence-corrected chi connectivity index (χ3v) is 4.30. The second-order valence-corrected chi connectivity index (χ2v) is 6.76. The first-order chi connectivity index (χ1) is 10.2. The van der Waals surface area contributed by atoms with Crippen LogP contribution in [0, 0.1) is 0 Å². The summed E-state index contributed by atoms with van der Waals surface area (Å²) in [5.41, 5.74) is 0. The van der Waals surface area contributed by atoms with Crippen LogP contribution in [0.15, 0.2) is 0 Å². The first-order valence-electron chi connectivity index (χ1n) is 9.53. The molecular weight excluding hydrogens is 260 g/mol. The molecule has 0 radical (unpaired) electrons. The molecule has 2 N–H and O–H groups in total. The number of aliphatic hydroxyl groups excluding tert-OH is 2. The molecule has 0 aromatic heterocycles. The predicted molar refractivity (Wildman–Crippen MR) is 92.6 cm³/mol. The molecule has 0 heterocycles. The standard InChI is InChI=1S/C19H40O2/c1-3-4-5-6-7-8-9-10-11-12-16-19(21)17-14-13-15-18(2)20/h18-21H,3-17H2,1-2H3. The van der Waals surface area contributed by atoms with Crippen molar-refractivity contribution in [2.24, 2.45) is 0 Å². The van der Waals surface area contributed by atoms with Gasteiger partial charge in [-0.25, -0.2) is 0 Å². The molecule has 0 aromatic rings. The molecule has 0 amide bonds. The third kappa shape index (κ3) is 17.9. The van der Waals surface area contributed by atoms with Crippen LogP contribution in [-0.2, 0) is 0 Å². The van der Waals surface area contributed by atoms with Crippen molar-refractivity contribution in [3.63, 3.8) is 0 Å². The summed E-state index contributed by atoms with van der Waals surface area (Å²) >= 11 is 0. The molecule has 0 aromatic carbocycles. The molecule has 0 saturated carbocycles. The van der Waals surface area contributed by atoms with Crippen LogP contribution in [0.25, 0.3) is 0 Å². The van der Waals surface area contributed by atoms with E-state index in [1.54, 1.807) is 0 Å². The Hall–Kier alpha value is -0.0800. The molecule has 2 heteroatoms. The van der Waals surface area contributed by atoms with Gasteiger partial charge < -0.3 is 10.2 Å². The van der Waals surface area contributed by atoms with Crippen LogP contribution < -0.4 is 0 Å². The SMILES string of the molecule is CCCCCCCCCCCCC(O)CCCCC(C)O. The van der Waals surface area contributed by atoms with Gasteiger partial charge in [0.15, 0.2) is 0 Å². The number of hydrogen-bond acceptors (Lipinski definition) is 2. The molecule has 0 bridgehead atoms. The molecule has 21 heavy (non-hydrogen) atoms. The lowest BCUT2D eigenvalue weighted by Gasteiger charge is -2.10. The molecule has 0 aliphatic carbocycles. The summed E-state index contributed by atoms with van der Waals surface area (Å²) in [6.07, 6.45) is 18.0. The summed E-state index contributed by atoms with van der Waals surface area (Å²) in [6.45, 7) is 4.10. The van der Waals surface area contributed by atoms with Gasteiger partial charge in [-0.05, 0) is 26.2 Å². The van der Waals surface area contributed by atoms with E-state index < -0.39 is 0 Å². The highest BCUT2D eigenvalue weighted by Gasteiger charge is 2.04. The van der Waals surface area contributed by atoms with Crippen LogP contribution >= 0.6 is 0 Å². The van der Waals surface area contributed by atoms with Crippen LogP contribution in [-0.4, -0.2) is 22.4 Å². The zero-order chi connectivity index (χ0) is 15.8. The summed E-state index contributed by atoms with van der Waals surface area (Å²) in [4.78, 5) is 0. The lowest BCUT2D eigenvalue weighted by Crippen LogP contribution is -2.07. The van der Waals surface area contributed by atoms with E-state index in [0.717, 1.165) is 32.1 Å². The van der Waals surface area contributed by atoms with Crippen molar-refractivity contribution >= 4 is 0 Å². The van der Waals surface area contributed by atoms with Gasteiger partial charge in [0.2, 0.25) is 0 Å². The van der Waals surface area contributed by atoms with Gasteiger partial charge in [-0.2, -0.15) is 0 Å². The highest BCUT2D eigenvalue weighted by atomic mass is 16.3. The van der Waals surface area contributed by atoms with E-state index in [0.29, 0.717) is 0 Å². The molecule has 0 aliphatic heterocycles. The van der Waals surface area contributed by atoms with E-state index >= 15 is 0 Å². The van der Waals surface area contributed by atoms with E-state index in [1.807, 2.05) is 6.92 Å². The zero-order valence-electron chi connectivity index (χ0n) is 14.7. The molecule has 2 nitrogen and oxygen atoms in total. The highest BCUT2D eigenvalue weighted by Crippen LogP contribution is 2.14. The number of unbranched alkanes of at least 4 members (excludes halogenated alkanes) is 10. The predicted octanol–water partition coefficient (Wildman–Crippen LogP) is 5.60. The molecular formula is C19H40O2.